The number of benzene rings is 2. The third-order valence-electron chi connectivity index (χ3n) is 3.89. The van der Waals surface area contributed by atoms with Crippen molar-refractivity contribution in [2.75, 3.05) is 11.9 Å². The molecule has 4 rings (SSSR count). The Balaban J connectivity index is 1.56. The van der Waals surface area contributed by atoms with E-state index in [0.717, 1.165) is 21.2 Å². The molecule has 0 saturated carbocycles. The zero-order valence-corrected chi connectivity index (χ0v) is 16.8. The minimum absolute atomic E-state index is 0.214. The molecule has 0 aliphatic heterocycles. The Labute approximate surface area is 168 Å². The first kappa shape index (κ1) is 17.8. The Morgan fingerprint density at radius 1 is 1.26 bits per heavy atom. The highest BCUT2D eigenvalue weighted by molar-refractivity contribution is 9.10. The third kappa shape index (κ3) is 3.74. The van der Waals surface area contributed by atoms with Gasteiger partial charge >= 0.3 is 0 Å². The number of anilines is 1. The molecule has 136 valence electrons. The molecule has 7 heteroatoms. The minimum Gasteiger partial charge on any atom is -0.494 e. The number of ether oxygens (including phenoxy) is 1. The molecule has 0 aliphatic rings. The van der Waals surface area contributed by atoms with Crippen molar-refractivity contribution in [3.05, 3.63) is 63.9 Å². The van der Waals surface area contributed by atoms with Gasteiger partial charge in [-0.3, -0.25) is 10.1 Å². The van der Waals surface area contributed by atoms with Crippen molar-refractivity contribution >= 4 is 49.3 Å². The lowest BCUT2D eigenvalue weighted by molar-refractivity contribution is 0.102. The van der Waals surface area contributed by atoms with Crippen LogP contribution in [-0.4, -0.2) is 17.5 Å². The molecule has 27 heavy (non-hydrogen) atoms. The number of hydrogen-bond donors (Lipinski definition) is 1. The Hall–Kier alpha value is -2.64. The molecule has 0 aliphatic carbocycles. The van der Waals surface area contributed by atoms with Crippen molar-refractivity contribution in [2.45, 2.75) is 6.92 Å². The zero-order chi connectivity index (χ0) is 18.8. The SMILES string of the molecule is CCOc1ccc2oc(-c3csc(NC(=O)c4ccccc4Br)n3)cc2c1. The highest BCUT2D eigenvalue weighted by Gasteiger charge is 2.14. The molecule has 2 aromatic carbocycles. The quantitative estimate of drug-likeness (QED) is 0.413. The highest BCUT2D eigenvalue weighted by Crippen LogP contribution is 2.32. The van der Waals surface area contributed by atoms with E-state index in [1.54, 1.807) is 6.07 Å². The second-order valence-corrected chi connectivity index (χ2v) is 7.43. The number of nitrogens with one attached hydrogen (secondary N) is 1. The van der Waals surface area contributed by atoms with Crippen molar-refractivity contribution in [1.29, 1.82) is 0 Å². The molecule has 0 spiro atoms. The minimum atomic E-state index is -0.214. The van der Waals surface area contributed by atoms with Crippen molar-refractivity contribution in [3.63, 3.8) is 0 Å². The average Bonchev–Trinajstić information content (AvgIpc) is 3.28. The molecule has 0 radical (unpaired) electrons. The van der Waals surface area contributed by atoms with E-state index in [-0.39, 0.29) is 5.91 Å². The van der Waals surface area contributed by atoms with Crippen LogP contribution >= 0.6 is 27.3 Å². The number of carbonyl (C=O) groups excluding carboxylic acids is 1. The maximum absolute atomic E-state index is 12.4. The second kappa shape index (κ2) is 7.54. The number of rotatable bonds is 5. The summed E-state index contributed by atoms with van der Waals surface area (Å²) < 4.78 is 12.1. The summed E-state index contributed by atoms with van der Waals surface area (Å²) in [4.78, 5) is 16.9. The van der Waals surface area contributed by atoms with Gasteiger partial charge in [0.25, 0.3) is 5.91 Å². The normalized spacial score (nSPS) is 10.9. The monoisotopic (exact) mass is 442 g/mol. The molecule has 2 aromatic heterocycles. The van der Waals surface area contributed by atoms with Crippen LogP contribution in [-0.2, 0) is 0 Å². The van der Waals surface area contributed by atoms with Gasteiger partial charge in [-0.25, -0.2) is 4.98 Å². The third-order valence-corrected chi connectivity index (χ3v) is 5.34. The summed E-state index contributed by atoms with van der Waals surface area (Å²) in [7, 11) is 0. The first-order valence-electron chi connectivity index (χ1n) is 8.32. The van der Waals surface area contributed by atoms with Gasteiger partial charge in [-0.15, -0.1) is 11.3 Å². The van der Waals surface area contributed by atoms with Crippen molar-refractivity contribution in [3.8, 4) is 17.2 Å². The van der Waals surface area contributed by atoms with E-state index in [9.17, 15) is 4.79 Å². The molecule has 2 heterocycles. The summed E-state index contributed by atoms with van der Waals surface area (Å²) in [5.74, 6) is 1.24. The van der Waals surface area contributed by atoms with Crippen LogP contribution < -0.4 is 10.1 Å². The lowest BCUT2D eigenvalue weighted by Crippen LogP contribution is -2.12. The molecule has 0 bridgehead atoms. The van der Waals surface area contributed by atoms with Crippen LogP contribution in [0.4, 0.5) is 5.13 Å². The summed E-state index contributed by atoms with van der Waals surface area (Å²) >= 11 is 4.74. The smallest absolute Gasteiger partial charge is 0.258 e. The fraction of sp³-hybridized carbons (Fsp3) is 0.100. The predicted octanol–water partition coefficient (Wildman–Crippen LogP) is 5.97. The fourth-order valence-corrected chi connectivity index (χ4v) is 3.82. The fourth-order valence-electron chi connectivity index (χ4n) is 2.66. The van der Waals surface area contributed by atoms with Gasteiger partial charge in [0.15, 0.2) is 10.9 Å². The van der Waals surface area contributed by atoms with Crippen molar-refractivity contribution in [1.82, 2.24) is 4.98 Å². The maximum atomic E-state index is 12.4. The zero-order valence-electron chi connectivity index (χ0n) is 14.4. The molecule has 0 unspecified atom stereocenters. The van der Waals surface area contributed by atoms with Crippen molar-refractivity contribution < 1.29 is 13.9 Å². The van der Waals surface area contributed by atoms with E-state index < -0.39 is 0 Å². The standard InChI is InChI=1S/C20H15BrN2O3S/c1-2-25-13-7-8-17-12(9-13)10-18(26-17)16-11-27-20(22-16)23-19(24)14-5-3-4-6-15(14)21/h3-11H,2H2,1H3,(H,22,23,24). The van der Waals surface area contributed by atoms with E-state index in [4.69, 9.17) is 9.15 Å². The number of halogens is 1. The molecule has 0 saturated heterocycles. The van der Waals surface area contributed by atoms with Gasteiger partial charge in [0.05, 0.1) is 12.2 Å². The second-order valence-electron chi connectivity index (χ2n) is 5.72. The van der Waals surface area contributed by atoms with E-state index in [2.05, 4.69) is 26.2 Å². The molecule has 4 aromatic rings. The number of carbonyl (C=O) groups is 1. The molecule has 0 atom stereocenters. The number of amides is 1. The molecule has 1 N–H and O–H groups in total. The van der Waals surface area contributed by atoms with Gasteiger partial charge in [-0.1, -0.05) is 12.1 Å². The number of aromatic nitrogens is 1. The van der Waals surface area contributed by atoms with Gasteiger partial charge in [-0.05, 0) is 59.3 Å². The lowest BCUT2D eigenvalue weighted by atomic mass is 10.2. The Morgan fingerprint density at radius 2 is 2.11 bits per heavy atom. The van der Waals surface area contributed by atoms with E-state index in [1.165, 1.54) is 11.3 Å². The van der Waals surface area contributed by atoms with Gasteiger partial charge in [-0.2, -0.15) is 0 Å². The molecule has 1 amide bonds. The highest BCUT2D eigenvalue weighted by atomic mass is 79.9. The van der Waals surface area contributed by atoms with E-state index in [1.807, 2.05) is 54.8 Å². The Kier molecular flexibility index (Phi) is 4.96. The van der Waals surface area contributed by atoms with Crippen LogP contribution in [0.2, 0.25) is 0 Å². The van der Waals surface area contributed by atoms with Crippen LogP contribution in [0.3, 0.4) is 0 Å². The Bertz CT molecular complexity index is 1120. The molecule has 5 nitrogen and oxygen atoms in total. The first-order chi connectivity index (χ1) is 13.1. The summed E-state index contributed by atoms with van der Waals surface area (Å²) in [5, 5.41) is 6.15. The summed E-state index contributed by atoms with van der Waals surface area (Å²) in [6.45, 7) is 2.56. The maximum Gasteiger partial charge on any atom is 0.258 e. The first-order valence-corrected chi connectivity index (χ1v) is 9.99. The summed E-state index contributed by atoms with van der Waals surface area (Å²) in [6.07, 6.45) is 0. The molecular weight excluding hydrogens is 428 g/mol. The summed E-state index contributed by atoms with van der Waals surface area (Å²) in [5.41, 5.74) is 2.00. The number of fused-ring (bicyclic) bond motifs is 1. The van der Waals surface area contributed by atoms with Crippen LogP contribution in [0, 0.1) is 0 Å². The Morgan fingerprint density at radius 3 is 2.93 bits per heavy atom. The lowest BCUT2D eigenvalue weighted by Gasteiger charge is -2.03. The topological polar surface area (TPSA) is 64.4 Å². The van der Waals surface area contributed by atoms with Crippen LogP contribution in [0.1, 0.15) is 17.3 Å². The number of hydrogen-bond acceptors (Lipinski definition) is 5. The number of furan rings is 1. The van der Waals surface area contributed by atoms with Gasteiger partial charge in [0.2, 0.25) is 0 Å². The molecule has 0 fully saturated rings. The van der Waals surface area contributed by atoms with E-state index in [0.29, 0.717) is 28.8 Å². The average molecular weight is 443 g/mol. The van der Waals surface area contributed by atoms with Gasteiger partial charge < -0.3 is 9.15 Å². The van der Waals surface area contributed by atoms with E-state index >= 15 is 0 Å². The van der Waals surface area contributed by atoms with Gasteiger partial charge in [0.1, 0.15) is 17.0 Å². The number of nitrogens with zero attached hydrogens (tertiary/aromatic N) is 1. The van der Waals surface area contributed by atoms with Crippen LogP contribution in [0.5, 0.6) is 5.75 Å². The van der Waals surface area contributed by atoms with Gasteiger partial charge in [0, 0.05) is 15.2 Å². The van der Waals surface area contributed by atoms with Crippen molar-refractivity contribution in [2.24, 2.45) is 0 Å². The number of thiazole rings is 1. The van der Waals surface area contributed by atoms with Crippen LogP contribution in [0.25, 0.3) is 22.4 Å². The van der Waals surface area contributed by atoms with Crippen LogP contribution in [0.15, 0.2) is 62.8 Å². The largest absolute Gasteiger partial charge is 0.494 e. The predicted molar refractivity (Wildman–Crippen MR) is 111 cm³/mol. The summed E-state index contributed by atoms with van der Waals surface area (Å²) in [6, 6.07) is 14.9. The molecular formula is C20H15BrN2O3S.